The fourth-order valence-corrected chi connectivity index (χ4v) is 1.73. The Bertz CT molecular complexity index is 390. The van der Waals surface area contributed by atoms with Crippen LogP contribution in [0.4, 0.5) is 10.1 Å². The van der Waals surface area contributed by atoms with Gasteiger partial charge >= 0.3 is 0 Å². The van der Waals surface area contributed by atoms with E-state index in [4.69, 9.17) is 0 Å². The number of amides is 1. The Morgan fingerprint density at radius 3 is 2.75 bits per heavy atom. The SMILES string of the molecule is CN(C(=O)CC1CNC1)c1ccccc1F. The first kappa shape index (κ1) is 11.1. The van der Waals surface area contributed by atoms with Crippen LogP contribution in [-0.4, -0.2) is 26.0 Å². The van der Waals surface area contributed by atoms with Gasteiger partial charge in [-0.15, -0.1) is 0 Å². The van der Waals surface area contributed by atoms with Gasteiger partial charge in [0.15, 0.2) is 0 Å². The van der Waals surface area contributed by atoms with Gasteiger partial charge in [-0.1, -0.05) is 12.1 Å². The Balaban J connectivity index is 2.03. The van der Waals surface area contributed by atoms with Crippen LogP contribution in [0.1, 0.15) is 6.42 Å². The molecule has 0 radical (unpaired) electrons. The Kier molecular flexibility index (Phi) is 3.19. The number of carbonyl (C=O) groups excluding carboxylic acids is 1. The third-order valence-electron chi connectivity index (χ3n) is 2.92. The van der Waals surface area contributed by atoms with Crippen LogP contribution in [0.25, 0.3) is 0 Å². The van der Waals surface area contributed by atoms with Crippen molar-refractivity contribution in [3.8, 4) is 0 Å². The lowest BCUT2D eigenvalue weighted by Gasteiger charge is -2.28. The molecule has 86 valence electrons. The van der Waals surface area contributed by atoms with Gasteiger partial charge in [0.05, 0.1) is 5.69 Å². The van der Waals surface area contributed by atoms with Crippen molar-refractivity contribution >= 4 is 11.6 Å². The smallest absolute Gasteiger partial charge is 0.227 e. The fourth-order valence-electron chi connectivity index (χ4n) is 1.73. The minimum atomic E-state index is -0.356. The molecule has 1 heterocycles. The first-order chi connectivity index (χ1) is 7.68. The average Bonchev–Trinajstić information content (AvgIpc) is 2.23. The predicted octanol–water partition coefficient (Wildman–Crippen LogP) is 1.40. The lowest BCUT2D eigenvalue weighted by atomic mass is 9.98. The summed E-state index contributed by atoms with van der Waals surface area (Å²) < 4.78 is 13.4. The average molecular weight is 222 g/mol. The van der Waals surface area contributed by atoms with Gasteiger partial charge in [-0.2, -0.15) is 0 Å². The Labute approximate surface area is 94.3 Å². The molecule has 1 aromatic rings. The van der Waals surface area contributed by atoms with Crippen molar-refractivity contribution in [2.24, 2.45) is 5.92 Å². The molecule has 0 atom stereocenters. The number of nitrogens with zero attached hydrogens (tertiary/aromatic N) is 1. The maximum absolute atomic E-state index is 13.4. The van der Waals surface area contributed by atoms with Crippen LogP contribution in [0.5, 0.6) is 0 Å². The van der Waals surface area contributed by atoms with Crippen LogP contribution in [0, 0.1) is 11.7 Å². The number of hydrogen-bond donors (Lipinski definition) is 1. The summed E-state index contributed by atoms with van der Waals surface area (Å²) in [6, 6.07) is 6.33. The molecule has 0 unspecified atom stereocenters. The van der Waals surface area contributed by atoms with E-state index in [0.29, 0.717) is 18.0 Å². The van der Waals surface area contributed by atoms with Crippen LogP contribution in [0.2, 0.25) is 0 Å². The highest BCUT2D eigenvalue weighted by molar-refractivity contribution is 5.93. The number of para-hydroxylation sites is 1. The molecule has 4 heteroatoms. The Morgan fingerprint density at radius 2 is 2.19 bits per heavy atom. The number of nitrogens with one attached hydrogen (secondary N) is 1. The van der Waals surface area contributed by atoms with Gasteiger partial charge in [0.2, 0.25) is 5.91 Å². The van der Waals surface area contributed by atoms with Gasteiger partial charge < -0.3 is 10.2 Å². The van der Waals surface area contributed by atoms with Gasteiger partial charge in [0.25, 0.3) is 0 Å². The zero-order chi connectivity index (χ0) is 11.5. The molecule has 0 bridgehead atoms. The summed E-state index contributed by atoms with van der Waals surface area (Å²) in [5, 5.41) is 3.11. The van der Waals surface area contributed by atoms with Crippen LogP contribution in [-0.2, 0) is 4.79 Å². The van der Waals surface area contributed by atoms with E-state index in [2.05, 4.69) is 5.32 Å². The molecule has 0 aliphatic carbocycles. The number of halogens is 1. The third-order valence-corrected chi connectivity index (χ3v) is 2.92. The first-order valence-electron chi connectivity index (χ1n) is 5.40. The number of rotatable bonds is 3. The van der Waals surface area contributed by atoms with Crippen molar-refractivity contribution in [1.82, 2.24) is 5.32 Å². The molecule has 1 saturated heterocycles. The van der Waals surface area contributed by atoms with E-state index in [-0.39, 0.29) is 11.7 Å². The molecule has 0 saturated carbocycles. The largest absolute Gasteiger partial charge is 0.316 e. The topological polar surface area (TPSA) is 32.3 Å². The Morgan fingerprint density at radius 1 is 1.50 bits per heavy atom. The van der Waals surface area contributed by atoms with Crippen molar-refractivity contribution < 1.29 is 9.18 Å². The summed E-state index contributed by atoms with van der Waals surface area (Å²) in [7, 11) is 1.62. The summed E-state index contributed by atoms with van der Waals surface area (Å²) in [5.74, 6) is 0.0170. The van der Waals surface area contributed by atoms with Gasteiger partial charge in [-0.05, 0) is 31.1 Å². The lowest BCUT2D eigenvalue weighted by Crippen LogP contribution is -2.44. The summed E-state index contributed by atoms with van der Waals surface area (Å²) in [4.78, 5) is 13.2. The van der Waals surface area contributed by atoms with Gasteiger partial charge in [0, 0.05) is 13.5 Å². The highest BCUT2D eigenvalue weighted by atomic mass is 19.1. The monoisotopic (exact) mass is 222 g/mol. The van der Waals surface area contributed by atoms with Crippen LogP contribution in [0.15, 0.2) is 24.3 Å². The van der Waals surface area contributed by atoms with E-state index < -0.39 is 0 Å². The maximum atomic E-state index is 13.4. The molecule has 2 rings (SSSR count). The first-order valence-corrected chi connectivity index (χ1v) is 5.40. The van der Waals surface area contributed by atoms with Crippen LogP contribution >= 0.6 is 0 Å². The number of carbonyl (C=O) groups is 1. The minimum Gasteiger partial charge on any atom is -0.316 e. The maximum Gasteiger partial charge on any atom is 0.227 e. The van der Waals surface area contributed by atoms with E-state index in [1.54, 1.807) is 25.2 Å². The van der Waals surface area contributed by atoms with E-state index in [0.717, 1.165) is 13.1 Å². The molecule has 16 heavy (non-hydrogen) atoms. The number of hydrogen-bond acceptors (Lipinski definition) is 2. The molecule has 1 aliphatic heterocycles. The second-order valence-corrected chi connectivity index (χ2v) is 4.13. The summed E-state index contributed by atoms with van der Waals surface area (Å²) in [6.45, 7) is 1.77. The molecule has 1 fully saturated rings. The Hall–Kier alpha value is -1.42. The van der Waals surface area contributed by atoms with Crippen molar-refractivity contribution in [2.45, 2.75) is 6.42 Å². The molecular weight excluding hydrogens is 207 g/mol. The van der Waals surface area contributed by atoms with Crippen molar-refractivity contribution in [2.75, 3.05) is 25.0 Å². The molecule has 3 nitrogen and oxygen atoms in total. The van der Waals surface area contributed by atoms with E-state index >= 15 is 0 Å². The van der Waals surface area contributed by atoms with E-state index in [1.807, 2.05) is 0 Å². The van der Waals surface area contributed by atoms with Gasteiger partial charge in [-0.25, -0.2) is 4.39 Å². The molecule has 1 N–H and O–H groups in total. The predicted molar refractivity (Wildman–Crippen MR) is 60.8 cm³/mol. The normalized spacial score (nSPS) is 15.6. The molecule has 0 spiro atoms. The quantitative estimate of drug-likeness (QED) is 0.838. The second kappa shape index (κ2) is 4.61. The molecule has 1 aromatic carbocycles. The van der Waals surface area contributed by atoms with Crippen molar-refractivity contribution in [1.29, 1.82) is 0 Å². The lowest BCUT2D eigenvalue weighted by molar-refractivity contribution is -0.119. The molecule has 0 aromatic heterocycles. The summed E-state index contributed by atoms with van der Waals surface area (Å²) in [5.41, 5.74) is 0.347. The van der Waals surface area contributed by atoms with E-state index in [9.17, 15) is 9.18 Å². The zero-order valence-electron chi connectivity index (χ0n) is 9.24. The number of benzene rings is 1. The van der Waals surface area contributed by atoms with Crippen molar-refractivity contribution in [3.05, 3.63) is 30.1 Å². The van der Waals surface area contributed by atoms with Crippen molar-refractivity contribution in [3.63, 3.8) is 0 Å². The third kappa shape index (κ3) is 2.22. The molecule has 1 aliphatic rings. The second-order valence-electron chi connectivity index (χ2n) is 4.13. The van der Waals surface area contributed by atoms with Crippen LogP contribution < -0.4 is 10.2 Å². The standard InChI is InChI=1S/C12H15FN2O/c1-15(11-5-3-2-4-10(11)13)12(16)6-9-7-14-8-9/h2-5,9,14H,6-8H2,1H3. The van der Waals surface area contributed by atoms with E-state index in [1.165, 1.54) is 11.0 Å². The highest BCUT2D eigenvalue weighted by Crippen LogP contribution is 2.19. The minimum absolute atomic E-state index is 0.0309. The molecule has 1 amide bonds. The van der Waals surface area contributed by atoms with Gasteiger partial charge in [0.1, 0.15) is 5.82 Å². The summed E-state index contributed by atoms with van der Waals surface area (Å²) in [6.07, 6.45) is 0.484. The number of anilines is 1. The summed E-state index contributed by atoms with van der Waals surface area (Å²) >= 11 is 0. The zero-order valence-corrected chi connectivity index (χ0v) is 9.24. The van der Waals surface area contributed by atoms with Crippen LogP contribution in [0.3, 0.4) is 0 Å². The highest BCUT2D eigenvalue weighted by Gasteiger charge is 2.23. The van der Waals surface area contributed by atoms with Gasteiger partial charge in [-0.3, -0.25) is 4.79 Å². The fraction of sp³-hybridized carbons (Fsp3) is 0.417. The molecular formula is C12H15FN2O.